The largest absolute Gasteiger partial charge is 0.463 e. The minimum atomic E-state index is -3.11. The number of esters is 1. The molecule has 2 atom stereocenters. The van der Waals surface area contributed by atoms with E-state index in [9.17, 15) is 17.6 Å². The van der Waals surface area contributed by atoms with Crippen LogP contribution in [0.15, 0.2) is 48.7 Å². The lowest BCUT2D eigenvalue weighted by Gasteiger charge is -2.33. The Hall–Kier alpha value is -3.41. The molecule has 44 heavy (non-hydrogen) atoms. The van der Waals surface area contributed by atoms with E-state index in [4.69, 9.17) is 25.8 Å². The van der Waals surface area contributed by atoms with Gasteiger partial charge in [0.15, 0.2) is 21.3 Å². The Morgan fingerprint density at radius 1 is 1.20 bits per heavy atom. The first kappa shape index (κ1) is 30.6. The van der Waals surface area contributed by atoms with Crippen LogP contribution in [0.4, 0.5) is 4.39 Å². The van der Waals surface area contributed by atoms with E-state index in [2.05, 4.69) is 9.88 Å². The lowest BCUT2D eigenvalue weighted by Crippen LogP contribution is -2.40. The van der Waals surface area contributed by atoms with Gasteiger partial charge in [0.1, 0.15) is 11.6 Å². The van der Waals surface area contributed by atoms with E-state index in [1.807, 2.05) is 22.8 Å². The van der Waals surface area contributed by atoms with Gasteiger partial charge in [-0.3, -0.25) is 4.90 Å². The number of hydrogen-bond acceptors (Lipinski definition) is 8. The fourth-order valence-electron chi connectivity index (χ4n) is 6.17. The molecule has 12 heteroatoms. The smallest absolute Gasteiger partial charge is 0.330 e. The summed E-state index contributed by atoms with van der Waals surface area (Å²) in [7, 11) is -3.11. The molecular formula is C32H35ClFN3O6S. The van der Waals surface area contributed by atoms with E-state index in [1.165, 1.54) is 12.1 Å². The average molecular weight is 644 g/mol. The van der Waals surface area contributed by atoms with Gasteiger partial charge in [0, 0.05) is 30.1 Å². The SMILES string of the molecule is CCOC(=O)/C=C/c1cnc(CN2CCC(c3cccc4c3O[C@@](C)(c3ccc(Cl)cc3F)O4)CC2)n1C[C@@H]1CCS1(=O)=O. The monoisotopic (exact) mass is 643 g/mol. The van der Waals surface area contributed by atoms with Crippen LogP contribution >= 0.6 is 11.6 Å². The van der Waals surface area contributed by atoms with Crippen LogP contribution in [0.3, 0.4) is 0 Å². The molecule has 2 saturated heterocycles. The molecule has 3 aromatic rings. The van der Waals surface area contributed by atoms with Gasteiger partial charge in [0.2, 0.25) is 0 Å². The van der Waals surface area contributed by atoms with Crippen LogP contribution in [0, 0.1) is 5.82 Å². The van der Waals surface area contributed by atoms with Gasteiger partial charge in [-0.25, -0.2) is 22.6 Å². The van der Waals surface area contributed by atoms with Gasteiger partial charge in [-0.1, -0.05) is 23.7 Å². The highest BCUT2D eigenvalue weighted by atomic mass is 35.5. The number of para-hydroxylation sites is 1. The fraction of sp³-hybridized carbons (Fsp3) is 0.438. The molecule has 6 rings (SSSR count). The van der Waals surface area contributed by atoms with Crippen molar-refractivity contribution in [3.8, 4) is 11.5 Å². The second kappa shape index (κ2) is 12.2. The van der Waals surface area contributed by atoms with E-state index in [1.54, 1.807) is 38.3 Å². The molecule has 0 amide bonds. The van der Waals surface area contributed by atoms with Crippen LogP contribution in [0.5, 0.6) is 11.5 Å². The van der Waals surface area contributed by atoms with Gasteiger partial charge in [-0.05, 0) is 75.5 Å². The van der Waals surface area contributed by atoms with Gasteiger partial charge in [-0.15, -0.1) is 0 Å². The number of rotatable bonds is 9. The van der Waals surface area contributed by atoms with Crippen LogP contribution < -0.4 is 9.47 Å². The Balaban J connectivity index is 1.15. The maximum absolute atomic E-state index is 14.8. The molecule has 2 fully saturated rings. The molecule has 234 valence electrons. The lowest BCUT2D eigenvalue weighted by molar-refractivity contribution is -0.137. The van der Waals surface area contributed by atoms with E-state index in [0.29, 0.717) is 41.7 Å². The number of halogens is 2. The average Bonchev–Trinajstić information content (AvgIpc) is 3.54. The summed E-state index contributed by atoms with van der Waals surface area (Å²) < 4.78 is 58.9. The van der Waals surface area contributed by atoms with Crippen LogP contribution in [-0.2, 0) is 38.2 Å². The normalized spacial score (nSPS) is 23.1. The zero-order valence-electron chi connectivity index (χ0n) is 24.7. The first-order chi connectivity index (χ1) is 21.1. The summed E-state index contributed by atoms with van der Waals surface area (Å²) in [5.41, 5.74) is 1.98. The molecule has 0 N–H and O–H groups in total. The van der Waals surface area contributed by atoms with Crippen molar-refractivity contribution in [1.82, 2.24) is 14.5 Å². The molecule has 4 heterocycles. The van der Waals surface area contributed by atoms with E-state index in [-0.39, 0.29) is 23.8 Å². The Morgan fingerprint density at radius 2 is 2.00 bits per heavy atom. The first-order valence-corrected chi connectivity index (χ1v) is 17.0. The Labute approximate surface area is 261 Å². The number of ether oxygens (including phenoxy) is 3. The molecule has 0 spiro atoms. The maximum Gasteiger partial charge on any atom is 0.330 e. The first-order valence-electron chi connectivity index (χ1n) is 14.9. The van der Waals surface area contributed by atoms with Crippen molar-refractivity contribution in [2.75, 3.05) is 25.4 Å². The second-order valence-electron chi connectivity index (χ2n) is 11.6. The van der Waals surface area contributed by atoms with Crippen LogP contribution in [0.1, 0.15) is 61.7 Å². The number of imidazole rings is 1. The summed E-state index contributed by atoms with van der Waals surface area (Å²) in [6.45, 7) is 6.16. The summed E-state index contributed by atoms with van der Waals surface area (Å²) in [4.78, 5) is 18.8. The summed E-state index contributed by atoms with van der Waals surface area (Å²) in [5.74, 6) is 0.136. The van der Waals surface area contributed by atoms with Crippen LogP contribution in [-0.4, -0.2) is 59.5 Å². The predicted molar refractivity (Wildman–Crippen MR) is 164 cm³/mol. The van der Waals surface area contributed by atoms with Gasteiger partial charge in [0.05, 0.1) is 41.6 Å². The number of sulfone groups is 1. The van der Waals surface area contributed by atoms with Crippen LogP contribution in [0.25, 0.3) is 6.08 Å². The van der Waals surface area contributed by atoms with Crippen molar-refractivity contribution in [2.45, 2.75) is 63.2 Å². The topological polar surface area (TPSA) is 100.0 Å². The molecule has 0 saturated carbocycles. The molecule has 0 aliphatic carbocycles. The Kier molecular flexibility index (Phi) is 8.47. The molecule has 0 radical (unpaired) electrons. The second-order valence-corrected chi connectivity index (χ2v) is 14.4. The number of fused-ring (bicyclic) bond motifs is 1. The Bertz CT molecular complexity index is 1700. The van der Waals surface area contributed by atoms with E-state index < -0.39 is 32.7 Å². The van der Waals surface area contributed by atoms with Crippen molar-refractivity contribution in [3.63, 3.8) is 0 Å². The van der Waals surface area contributed by atoms with E-state index in [0.717, 1.165) is 37.3 Å². The zero-order chi connectivity index (χ0) is 31.1. The highest BCUT2D eigenvalue weighted by molar-refractivity contribution is 7.93. The number of nitrogens with zero attached hydrogens (tertiary/aromatic N) is 3. The number of likely N-dealkylation sites (tertiary alicyclic amines) is 1. The molecule has 9 nitrogen and oxygen atoms in total. The van der Waals surface area contributed by atoms with Crippen LogP contribution in [0.2, 0.25) is 5.02 Å². The molecular weight excluding hydrogens is 609 g/mol. The Morgan fingerprint density at radius 3 is 2.68 bits per heavy atom. The minimum Gasteiger partial charge on any atom is -0.463 e. The molecule has 0 unspecified atom stereocenters. The minimum absolute atomic E-state index is 0.203. The molecule has 0 bridgehead atoms. The van der Waals surface area contributed by atoms with E-state index >= 15 is 0 Å². The molecule has 1 aromatic heterocycles. The molecule has 2 aromatic carbocycles. The lowest BCUT2D eigenvalue weighted by atomic mass is 9.88. The number of piperidine rings is 1. The summed E-state index contributed by atoms with van der Waals surface area (Å²) in [6, 6.07) is 10.3. The third-order valence-electron chi connectivity index (χ3n) is 8.69. The van der Waals surface area contributed by atoms with Gasteiger partial charge < -0.3 is 18.8 Å². The number of aromatic nitrogens is 2. The quantitative estimate of drug-likeness (QED) is 0.224. The predicted octanol–water partition coefficient (Wildman–Crippen LogP) is 5.46. The highest BCUT2D eigenvalue weighted by Crippen LogP contribution is 2.49. The highest BCUT2D eigenvalue weighted by Gasteiger charge is 2.43. The summed E-state index contributed by atoms with van der Waals surface area (Å²) >= 11 is 5.96. The third-order valence-corrected chi connectivity index (χ3v) is 11.1. The van der Waals surface area contributed by atoms with Gasteiger partial charge in [-0.2, -0.15) is 0 Å². The fourth-order valence-corrected chi connectivity index (χ4v) is 7.66. The van der Waals surface area contributed by atoms with Gasteiger partial charge in [0.25, 0.3) is 5.79 Å². The van der Waals surface area contributed by atoms with Crippen molar-refractivity contribution in [2.24, 2.45) is 0 Å². The number of hydrogen-bond donors (Lipinski definition) is 0. The number of carbonyl (C=O) groups excluding carboxylic acids is 1. The maximum atomic E-state index is 14.8. The number of benzene rings is 2. The molecule has 3 aliphatic rings. The molecule has 3 aliphatic heterocycles. The third kappa shape index (κ3) is 6.09. The summed E-state index contributed by atoms with van der Waals surface area (Å²) in [5, 5.41) is -0.150. The number of carbonyl (C=O) groups is 1. The zero-order valence-corrected chi connectivity index (χ0v) is 26.2. The summed E-state index contributed by atoms with van der Waals surface area (Å²) in [6.07, 6.45) is 6.99. The van der Waals surface area contributed by atoms with Crippen molar-refractivity contribution in [3.05, 3.63) is 82.2 Å². The van der Waals surface area contributed by atoms with Crippen molar-refractivity contribution in [1.29, 1.82) is 0 Å². The van der Waals surface area contributed by atoms with Crippen molar-refractivity contribution < 1.29 is 31.8 Å². The van der Waals surface area contributed by atoms with Gasteiger partial charge >= 0.3 is 5.97 Å². The van der Waals surface area contributed by atoms with Crippen molar-refractivity contribution >= 4 is 33.5 Å². The standard InChI is InChI=1S/C32H35ClFN3O6S/c1-3-41-30(38)10-8-23-18-35-29(37(23)19-24-13-16-44(24,39)40)20-36-14-11-21(12-15-36)25-5-4-6-28-31(25)43-32(2,42-28)26-9-7-22(33)17-27(26)34/h4-10,17-18,21,24H,3,11-16,19-20H2,1-2H3/b10-8+/t24-,32-/m0/s1.